The Morgan fingerprint density at radius 3 is 2.66 bits per heavy atom. The molecule has 11 nitrogen and oxygen atoms in total. The zero-order valence-electron chi connectivity index (χ0n) is 22.9. The van der Waals surface area contributed by atoms with Crippen LogP contribution in [0.2, 0.25) is 5.02 Å². The highest BCUT2D eigenvalue weighted by molar-refractivity contribution is 6.31. The molecule has 1 atom stereocenters. The van der Waals surface area contributed by atoms with Crippen molar-refractivity contribution in [3.8, 4) is 27.9 Å². The van der Waals surface area contributed by atoms with E-state index in [1.165, 1.54) is 36.4 Å². The topological polar surface area (TPSA) is 128 Å². The summed E-state index contributed by atoms with van der Waals surface area (Å²) in [5, 5.41) is 29.0. The number of carbonyl (C=O) groups excluding carboxylic acids is 1. The molecular weight excluding hydrogens is 606 g/mol. The minimum absolute atomic E-state index is 0.0583. The van der Waals surface area contributed by atoms with E-state index >= 15 is 4.39 Å². The van der Waals surface area contributed by atoms with E-state index in [0.717, 1.165) is 29.8 Å². The molecule has 4 heterocycles. The molecule has 0 radical (unpaired) electrons. The highest BCUT2D eigenvalue weighted by atomic mass is 35.5. The maximum atomic E-state index is 15.3. The van der Waals surface area contributed by atoms with Gasteiger partial charge in [0.05, 0.1) is 39.9 Å². The highest BCUT2D eigenvalue weighted by Crippen LogP contribution is 2.40. The monoisotopic (exact) mass is 628 g/mol. The number of nitrogens with one attached hydrogen (secondary N) is 1. The average molecular weight is 629 g/mol. The van der Waals surface area contributed by atoms with Gasteiger partial charge in [-0.05, 0) is 47.0 Å². The van der Waals surface area contributed by atoms with Gasteiger partial charge in [-0.25, -0.2) is 9.37 Å². The number of amides is 1. The van der Waals surface area contributed by atoms with E-state index in [4.69, 9.17) is 11.6 Å². The van der Waals surface area contributed by atoms with Gasteiger partial charge in [0.2, 0.25) is 12.1 Å². The Bertz CT molecular complexity index is 1860. The second kappa shape index (κ2) is 11.3. The molecule has 1 aliphatic carbocycles. The van der Waals surface area contributed by atoms with Gasteiger partial charge in [-0.2, -0.15) is 23.0 Å². The van der Waals surface area contributed by atoms with Crippen molar-refractivity contribution in [1.82, 2.24) is 35.0 Å². The number of hydrogen-bond acceptors (Lipinski definition) is 7. The first-order valence-electron chi connectivity index (χ1n) is 13.4. The van der Waals surface area contributed by atoms with Crippen LogP contribution in [0.5, 0.6) is 0 Å². The van der Waals surface area contributed by atoms with Crippen LogP contribution in [0.4, 0.5) is 23.2 Å². The number of rotatable bonds is 8. The predicted octanol–water partition coefficient (Wildman–Crippen LogP) is 5.27. The first-order chi connectivity index (χ1) is 21.0. The summed E-state index contributed by atoms with van der Waals surface area (Å²) in [4.78, 5) is 15.2. The van der Waals surface area contributed by atoms with Gasteiger partial charge >= 0.3 is 6.18 Å². The van der Waals surface area contributed by atoms with Gasteiger partial charge in [-0.3, -0.25) is 14.7 Å². The third kappa shape index (κ3) is 5.82. The smallest absolute Gasteiger partial charge is 0.324 e. The molecule has 0 bridgehead atoms. The number of alkyl halides is 3. The minimum Gasteiger partial charge on any atom is -0.324 e. The Morgan fingerprint density at radius 2 is 2.00 bits per heavy atom. The SMILES string of the molecule is CC(=O)Nc1cnc(C(F)(F)F)cc1-c1cnn([C@@H](CC2CC2)c2ccc(-c3c(-n4cnnn4)ccc(Cl)c3F)c[n+]2O)c1. The summed E-state index contributed by atoms with van der Waals surface area (Å²) in [6, 6.07) is 6.47. The van der Waals surface area contributed by atoms with Crippen molar-refractivity contribution in [2.75, 3.05) is 5.32 Å². The van der Waals surface area contributed by atoms with Crippen LogP contribution in [0.15, 0.2) is 61.4 Å². The molecule has 1 saturated carbocycles. The van der Waals surface area contributed by atoms with E-state index in [-0.39, 0.29) is 27.4 Å². The Kier molecular flexibility index (Phi) is 7.49. The first kappa shape index (κ1) is 29.2. The molecule has 5 aromatic rings. The highest BCUT2D eigenvalue weighted by Gasteiger charge is 2.35. The normalized spacial score (nSPS) is 14.0. The van der Waals surface area contributed by atoms with Crippen molar-refractivity contribution in [2.24, 2.45) is 5.92 Å². The van der Waals surface area contributed by atoms with Crippen LogP contribution < -0.4 is 10.0 Å². The van der Waals surface area contributed by atoms with Crippen LogP contribution in [-0.4, -0.2) is 46.1 Å². The molecule has 6 rings (SSSR count). The number of anilines is 1. The number of pyridine rings is 2. The molecule has 1 aliphatic rings. The van der Waals surface area contributed by atoms with Gasteiger partial charge in [0.15, 0.2) is 5.82 Å². The van der Waals surface area contributed by atoms with E-state index in [1.807, 2.05) is 0 Å². The van der Waals surface area contributed by atoms with Crippen molar-refractivity contribution in [1.29, 1.82) is 0 Å². The summed E-state index contributed by atoms with van der Waals surface area (Å²) in [6.45, 7) is 1.24. The predicted molar refractivity (Wildman–Crippen MR) is 147 cm³/mol. The maximum Gasteiger partial charge on any atom is 0.433 e. The van der Waals surface area contributed by atoms with Crippen molar-refractivity contribution in [2.45, 2.75) is 38.4 Å². The Labute approximate surface area is 251 Å². The Hall–Kier alpha value is -4.92. The zero-order chi connectivity index (χ0) is 31.2. The van der Waals surface area contributed by atoms with Crippen molar-refractivity contribution in [3.63, 3.8) is 0 Å². The molecule has 0 spiro atoms. The van der Waals surface area contributed by atoms with Gasteiger partial charge in [0, 0.05) is 35.0 Å². The first-order valence-corrected chi connectivity index (χ1v) is 13.7. The lowest BCUT2D eigenvalue weighted by Gasteiger charge is -2.15. The van der Waals surface area contributed by atoms with Crippen LogP contribution in [0.3, 0.4) is 0 Å². The fourth-order valence-electron chi connectivity index (χ4n) is 5.01. The van der Waals surface area contributed by atoms with Gasteiger partial charge < -0.3 is 5.32 Å². The van der Waals surface area contributed by atoms with E-state index in [9.17, 15) is 23.2 Å². The molecule has 0 unspecified atom stereocenters. The Morgan fingerprint density at radius 1 is 1.20 bits per heavy atom. The van der Waals surface area contributed by atoms with Crippen LogP contribution in [-0.2, 0) is 11.0 Å². The Balaban J connectivity index is 1.40. The van der Waals surface area contributed by atoms with Crippen LogP contribution >= 0.6 is 11.6 Å². The zero-order valence-corrected chi connectivity index (χ0v) is 23.6. The molecule has 16 heteroatoms. The molecule has 0 aliphatic heterocycles. The van der Waals surface area contributed by atoms with Crippen molar-refractivity contribution in [3.05, 3.63) is 83.7 Å². The third-order valence-corrected chi connectivity index (χ3v) is 7.54. The lowest BCUT2D eigenvalue weighted by atomic mass is 10.0. The van der Waals surface area contributed by atoms with Crippen LogP contribution in [0.25, 0.3) is 27.9 Å². The number of carbonyl (C=O) groups is 1. The molecule has 44 heavy (non-hydrogen) atoms. The van der Waals surface area contributed by atoms with E-state index in [2.05, 4.69) is 30.9 Å². The van der Waals surface area contributed by atoms with Crippen molar-refractivity contribution < 1.29 is 32.3 Å². The van der Waals surface area contributed by atoms with Crippen LogP contribution in [0.1, 0.15) is 43.6 Å². The minimum atomic E-state index is -4.70. The number of benzene rings is 1. The number of tetrazole rings is 1. The van der Waals surface area contributed by atoms with E-state index in [0.29, 0.717) is 29.3 Å². The average Bonchev–Trinajstić information content (AvgIpc) is 3.40. The quantitative estimate of drug-likeness (QED) is 0.136. The largest absolute Gasteiger partial charge is 0.433 e. The van der Waals surface area contributed by atoms with Crippen molar-refractivity contribution >= 4 is 23.2 Å². The second-order valence-electron chi connectivity index (χ2n) is 10.4. The van der Waals surface area contributed by atoms with Gasteiger partial charge in [0.1, 0.15) is 18.1 Å². The summed E-state index contributed by atoms with van der Waals surface area (Å²) in [5.41, 5.74) is 0.381. The third-order valence-electron chi connectivity index (χ3n) is 7.25. The summed E-state index contributed by atoms with van der Waals surface area (Å²) < 4.78 is 59.5. The molecule has 1 amide bonds. The molecule has 226 valence electrons. The molecular formula is C28H23ClF4N9O2+. The van der Waals surface area contributed by atoms with Gasteiger partial charge in [0.25, 0.3) is 5.69 Å². The molecule has 1 fully saturated rings. The standard InChI is InChI=1S/C28H22ClF4N9O2/c1-15(43)37-21-11-34-25(28(31,32)33)9-19(21)18-10-36-40(12-18)24(8-16-2-3-16)22-6-4-17(13-42(22)44)26-23(41-14-35-38-39-41)7-5-20(29)27(26)30/h4-7,9-14,16,24H,2-3,8H2,1H3,(H-,37,43,44)/p+1/t24-/m0/s1. The molecule has 0 saturated heterocycles. The maximum absolute atomic E-state index is 15.3. The van der Waals surface area contributed by atoms with E-state index < -0.39 is 29.6 Å². The molecule has 1 aromatic carbocycles. The molecule has 2 N–H and O–H groups in total. The number of aromatic nitrogens is 8. The molecule has 4 aromatic heterocycles. The lowest BCUT2D eigenvalue weighted by Crippen LogP contribution is -2.38. The fourth-order valence-corrected chi connectivity index (χ4v) is 5.17. The summed E-state index contributed by atoms with van der Waals surface area (Å²) in [7, 11) is 0. The van der Waals surface area contributed by atoms with Gasteiger partial charge in [-0.1, -0.05) is 24.4 Å². The van der Waals surface area contributed by atoms with Crippen LogP contribution in [0, 0.1) is 11.7 Å². The number of nitrogens with zero attached hydrogens (tertiary/aromatic N) is 8. The summed E-state index contributed by atoms with van der Waals surface area (Å²) in [6.07, 6.45) is 4.34. The van der Waals surface area contributed by atoms with E-state index in [1.54, 1.807) is 29.1 Å². The fraction of sp³-hybridized carbons (Fsp3) is 0.250. The number of halogens is 5. The summed E-state index contributed by atoms with van der Waals surface area (Å²) >= 11 is 6.08. The lowest BCUT2D eigenvalue weighted by molar-refractivity contribution is -0.910. The number of hydrogen-bond donors (Lipinski definition) is 2. The second-order valence-corrected chi connectivity index (χ2v) is 10.8. The van der Waals surface area contributed by atoms with Gasteiger partial charge in [-0.15, -0.1) is 5.10 Å². The summed E-state index contributed by atoms with van der Waals surface area (Å²) in [5.74, 6) is -0.867.